The summed E-state index contributed by atoms with van der Waals surface area (Å²) >= 11 is 0. The molecule has 0 aliphatic heterocycles. The predicted octanol–water partition coefficient (Wildman–Crippen LogP) is 2.89. The van der Waals surface area contributed by atoms with Crippen molar-refractivity contribution in [3.05, 3.63) is 84.4 Å². The van der Waals surface area contributed by atoms with Crippen molar-refractivity contribution in [1.29, 1.82) is 0 Å². The van der Waals surface area contributed by atoms with Gasteiger partial charge in [-0.15, -0.1) is 0 Å². The van der Waals surface area contributed by atoms with Crippen molar-refractivity contribution < 1.29 is 27.5 Å². The molecule has 37 heavy (non-hydrogen) atoms. The van der Waals surface area contributed by atoms with Crippen molar-refractivity contribution in [1.82, 2.24) is 5.32 Å². The number of amides is 2. The molecule has 3 aromatic rings. The normalized spacial score (nSPS) is 11.8. The van der Waals surface area contributed by atoms with Gasteiger partial charge in [0.05, 0.1) is 24.3 Å². The number of nitrogens with one attached hydrogen (secondary N) is 1. The van der Waals surface area contributed by atoms with Gasteiger partial charge in [-0.1, -0.05) is 30.3 Å². The zero-order chi connectivity index (χ0) is 26.8. The zero-order valence-corrected chi connectivity index (χ0v) is 21.6. The van der Waals surface area contributed by atoms with Crippen LogP contribution < -0.4 is 24.8 Å². The molecule has 3 N–H and O–H groups in total. The third kappa shape index (κ3) is 7.47. The number of hydrogen-bond acceptors (Lipinski definition) is 6. The minimum absolute atomic E-state index is 0.0184. The highest BCUT2D eigenvalue weighted by Crippen LogP contribution is 2.27. The van der Waals surface area contributed by atoms with Crippen LogP contribution in [0.1, 0.15) is 18.9 Å². The number of aryl methyl sites for hydroxylation is 1. The predicted molar refractivity (Wildman–Crippen MR) is 141 cm³/mol. The molecule has 0 aromatic heterocycles. The number of ether oxygens (including phenoxy) is 2. The van der Waals surface area contributed by atoms with Crippen molar-refractivity contribution in [3.63, 3.8) is 0 Å². The number of hydrogen-bond donors (Lipinski definition) is 2. The fraction of sp³-hybridized carbons (Fsp3) is 0.259. The minimum Gasteiger partial charge on any atom is -0.497 e. The average molecular weight is 526 g/mol. The second-order valence-electron chi connectivity index (χ2n) is 8.16. The van der Waals surface area contributed by atoms with E-state index in [0.29, 0.717) is 24.5 Å². The van der Waals surface area contributed by atoms with Gasteiger partial charge in [-0.3, -0.25) is 13.9 Å². The van der Waals surface area contributed by atoms with Crippen molar-refractivity contribution in [2.24, 2.45) is 5.73 Å². The summed E-state index contributed by atoms with van der Waals surface area (Å²) in [6, 6.07) is 20.7. The first-order valence-electron chi connectivity index (χ1n) is 11.8. The fourth-order valence-electron chi connectivity index (χ4n) is 3.68. The van der Waals surface area contributed by atoms with Crippen LogP contribution in [0.5, 0.6) is 11.5 Å². The molecule has 0 heterocycles. The number of primary amides is 1. The largest absolute Gasteiger partial charge is 0.497 e. The van der Waals surface area contributed by atoms with Gasteiger partial charge in [-0.2, -0.15) is 0 Å². The summed E-state index contributed by atoms with van der Waals surface area (Å²) < 4.78 is 38.8. The maximum Gasteiger partial charge on any atom is 0.264 e. The summed E-state index contributed by atoms with van der Waals surface area (Å²) in [7, 11) is -2.66. The molecule has 9 nitrogen and oxygen atoms in total. The van der Waals surface area contributed by atoms with E-state index in [2.05, 4.69) is 5.32 Å². The first-order chi connectivity index (χ1) is 17.7. The maximum absolute atomic E-state index is 13.6. The highest BCUT2D eigenvalue weighted by molar-refractivity contribution is 7.92. The van der Waals surface area contributed by atoms with E-state index < -0.39 is 34.4 Å². The quantitative estimate of drug-likeness (QED) is 0.353. The summed E-state index contributed by atoms with van der Waals surface area (Å²) in [4.78, 5) is 25.0. The monoisotopic (exact) mass is 525 g/mol. The minimum atomic E-state index is -4.15. The molecule has 10 heteroatoms. The van der Waals surface area contributed by atoms with Gasteiger partial charge in [-0.05, 0) is 73.9 Å². The molecule has 0 spiro atoms. The Morgan fingerprint density at radius 3 is 2.14 bits per heavy atom. The topological polar surface area (TPSA) is 128 Å². The van der Waals surface area contributed by atoms with Crippen molar-refractivity contribution in [2.75, 3.05) is 24.6 Å². The molecule has 2 amide bonds. The second kappa shape index (κ2) is 12.8. The van der Waals surface area contributed by atoms with Crippen LogP contribution in [0.25, 0.3) is 0 Å². The number of carbonyl (C=O) groups is 2. The lowest BCUT2D eigenvalue weighted by molar-refractivity contribution is -0.126. The van der Waals surface area contributed by atoms with Gasteiger partial charge < -0.3 is 20.5 Å². The lowest BCUT2D eigenvalue weighted by Gasteiger charge is -2.25. The number of benzene rings is 3. The van der Waals surface area contributed by atoms with Crippen LogP contribution in [0.2, 0.25) is 0 Å². The van der Waals surface area contributed by atoms with E-state index in [1.165, 1.54) is 19.2 Å². The Labute approximate surface area is 217 Å². The molecule has 0 saturated heterocycles. The van der Waals surface area contributed by atoms with Crippen LogP contribution in [0.3, 0.4) is 0 Å². The van der Waals surface area contributed by atoms with Gasteiger partial charge in [0, 0.05) is 0 Å². The molecular formula is C27H31N3O6S. The first kappa shape index (κ1) is 27.5. The molecule has 1 atom stereocenters. The number of methoxy groups -OCH3 is 1. The first-order valence-corrected chi connectivity index (χ1v) is 13.2. The second-order valence-corrected chi connectivity index (χ2v) is 10.0. The Hall–Kier alpha value is -4.05. The van der Waals surface area contributed by atoms with Gasteiger partial charge in [0.15, 0.2) is 0 Å². The van der Waals surface area contributed by atoms with Crippen LogP contribution >= 0.6 is 0 Å². The Kier molecular flexibility index (Phi) is 9.51. The Bertz CT molecular complexity index is 1280. The standard InChI is InChI=1S/C27H31N3O6S/c1-3-36-23-14-16-24(17-15-23)37(33,34)30(21-10-12-22(35-2)13-11-21)19-26(31)29-25(27(28)32)18-9-20-7-5-4-6-8-20/h4-8,10-17,25H,3,9,18-19H2,1-2H3,(H2,28,32)(H,29,31). The van der Waals surface area contributed by atoms with E-state index in [9.17, 15) is 18.0 Å². The molecule has 0 fully saturated rings. The Morgan fingerprint density at radius 2 is 1.57 bits per heavy atom. The van der Waals surface area contributed by atoms with Crippen molar-refractivity contribution in [3.8, 4) is 11.5 Å². The number of nitrogens with zero attached hydrogens (tertiary/aromatic N) is 1. The summed E-state index contributed by atoms with van der Waals surface area (Å²) in [6.45, 7) is 1.71. The summed E-state index contributed by atoms with van der Waals surface area (Å²) in [5, 5.41) is 2.59. The fourth-order valence-corrected chi connectivity index (χ4v) is 5.10. The number of sulfonamides is 1. The van der Waals surface area contributed by atoms with E-state index >= 15 is 0 Å². The number of carbonyl (C=O) groups excluding carboxylic acids is 2. The summed E-state index contributed by atoms with van der Waals surface area (Å²) in [5.74, 6) is -0.309. The van der Waals surface area contributed by atoms with Crippen LogP contribution in [-0.4, -0.2) is 46.5 Å². The number of anilines is 1. The van der Waals surface area contributed by atoms with E-state index in [4.69, 9.17) is 15.2 Å². The molecule has 0 bridgehead atoms. The molecule has 0 saturated carbocycles. The molecule has 0 radical (unpaired) electrons. The van der Waals surface area contributed by atoms with E-state index in [0.717, 1.165) is 9.87 Å². The van der Waals surface area contributed by atoms with Crippen LogP contribution in [0.4, 0.5) is 5.69 Å². The molecule has 0 aliphatic rings. The van der Waals surface area contributed by atoms with Crippen LogP contribution in [-0.2, 0) is 26.0 Å². The molecule has 0 aliphatic carbocycles. The van der Waals surface area contributed by atoms with Crippen LogP contribution in [0, 0.1) is 0 Å². The molecule has 1 unspecified atom stereocenters. The Morgan fingerprint density at radius 1 is 0.946 bits per heavy atom. The van der Waals surface area contributed by atoms with Crippen molar-refractivity contribution in [2.45, 2.75) is 30.7 Å². The van der Waals surface area contributed by atoms with Gasteiger partial charge in [0.2, 0.25) is 11.8 Å². The molecule has 3 aromatic carbocycles. The molecule has 3 rings (SSSR count). The smallest absolute Gasteiger partial charge is 0.264 e. The maximum atomic E-state index is 13.6. The van der Waals surface area contributed by atoms with Gasteiger partial charge in [0.1, 0.15) is 24.1 Å². The lowest BCUT2D eigenvalue weighted by atomic mass is 10.0. The van der Waals surface area contributed by atoms with E-state index in [1.54, 1.807) is 36.4 Å². The zero-order valence-electron chi connectivity index (χ0n) is 20.8. The number of rotatable bonds is 13. The van der Waals surface area contributed by atoms with E-state index in [1.807, 2.05) is 37.3 Å². The number of nitrogens with two attached hydrogens (primary N) is 1. The van der Waals surface area contributed by atoms with Gasteiger partial charge >= 0.3 is 0 Å². The van der Waals surface area contributed by atoms with Crippen LogP contribution in [0.15, 0.2) is 83.8 Å². The Balaban J connectivity index is 1.83. The van der Waals surface area contributed by atoms with Gasteiger partial charge in [0.25, 0.3) is 10.0 Å². The SMILES string of the molecule is CCOc1ccc(S(=O)(=O)N(CC(=O)NC(CCc2ccccc2)C(N)=O)c2ccc(OC)cc2)cc1. The third-order valence-corrected chi connectivity index (χ3v) is 7.40. The van der Waals surface area contributed by atoms with Gasteiger partial charge in [-0.25, -0.2) is 8.42 Å². The average Bonchev–Trinajstić information content (AvgIpc) is 2.90. The summed E-state index contributed by atoms with van der Waals surface area (Å²) in [6.07, 6.45) is 0.792. The van der Waals surface area contributed by atoms with E-state index in [-0.39, 0.29) is 17.0 Å². The molecular weight excluding hydrogens is 494 g/mol. The lowest BCUT2D eigenvalue weighted by Crippen LogP contribution is -2.49. The summed E-state index contributed by atoms with van der Waals surface area (Å²) in [5.41, 5.74) is 6.77. The molecule has 196 valence electrons. The third-order valence-electron chi connectivity index (χ3n) is 5.61. The van der Waals surface area contributed by atoms with Crippen molar-refractivity contribution >= 4 is 27.5 Å². The highest BCUT2D eigenvalue weighted by Gasteiger charge is 2.29. The highest BCUT2D eigenvalue weighted by atomic mass is 32.2.